The Hall–Kier alpha value is -0.960. The van der Waals surface area contributed by atoms with E-state index in [0.717, 1.165) is 23.3 Å². The summed E-state index contributed by atoms with van der Waals surface area (Å²) in [5, 5.41) is 4.63. The van der Waals surface area contributed by atoms with Crippen LogP contribution in [0.25, 0.3) is 0 Å². The topological polar surface area (TPSA) is 24.4 Å². The van der Waals surface area contributed by atoms with E-state index >= 15 is 0 Å². The number of amidine groups is 1. The van der Waals surface area contributed by atoms with Gasteiger partial charge in [-0.2, -0.15) is 0 Å². The molecule has 1 aliphatic carbocycles. The molecule has 0 radical (unpaired) electrons. The zero-order chi connectivity index (χ0) is 14.0. The Morgan fingerprint density at radius 2 is 2.15 bits per heavy atom. The largest absolute Gasteiger partial charge is 0.335 e. The van der Waals surface area contributed by atoms with Crippen LogP contribution in [0.3, 0.4) is 0 Å². The van der Waals surface area contributed by atoms with Gasteiger partial charge in [-0.3, -0.25) is 4.99 Å². The molecule has 2 aliphatic rings. The minimum atomic E-state index is 0.238. The van der Waals surface area contributed by atoms with Gasteiger partial charge in [0.25, 0.3) is 0 Å². The van der Waals surface area contributed by atoms with E-state index in [1.54, 1.807) is 0 Å². The summed E-state index contributed by atoms with van der Waals surface area (Å²) in [4.78, 5) is 5.03. The fraction of sp³-hybridized carbons (Fsp3) is 0.588. The number of nitrogens with zero attached hydrogens (tertiary/aromatic N) is 1. The number of anilines is 1. The molecule has 1 saturated carbocycles. The van der Waals surface area contributed by atoms with E-state index in [1.165, 1.54) is 36.9 Å². The molecule has 0 bridgehead atoms. The van der Waals surface area contributed by atoms with Crippen molar-refractivity contribution in [3.8, 4) is 0 Å². The number of thioether (sulfide) groups is 1. The second-order valence-electron chi connectivity index (χ2n) is 6.29. The molecule has 1 fully saturated rings. The summed E-state index contributed by atoms with van der Waals surface area (Å²) in [7, 11) is 0. The van der Waals surface area contributed by atoms with Gasteiger partial charge in [0.1, 0.15) is 0 Å². The van der Waals surface area contributed by atoms with Crippen LogP contribution < -0.4 is 5.32 Å². The summed E-state index contributed by atoms with van der Waals surface area (Å²) in [6, 6.07) is 8.67. The lowest BCUT2D eigenvalue weighted by molar-refractivity contribution is 0.273. The molecular formula is C17H24N2S. The maximum Gasteiger partial charge on any atom is 0.161 e. The average molecular weight is 288 g/mol. The van der Waals surface area contributed by atoms with E-state index < -0.39 is 0 Å². The van der Waals surface area contributed by atoms with E-state index in [1.807, 2.05) is 11.8 Å². The third kappa shape index (κ3) is 3.03. The maximum atomic E-state index is 5.03. The summed E-state index contributed by atoms with van der Waals surface area (Å²) >= 11 is 1.90. The number of hydrogen-bond donors (Lipinski definition) is 1. The Labute approximate surface area is 126 Å². The van der Waals surface area contributed by atoms with Crippen molar-refractivity contribution in [1.82, 2.24) is 0 Å². The third-order valence-electron chi connectivity index (χ3n) is 4.61. The molecule has 0 unspecified atom stereocenters. The summed E-state index contributed by atoms with van der Waals surface area (Å²) in [5.41, 5.74) is 2.79. The third-order valence-corrected chi connectivity index (χ3v) is 5.76. The molecule has 0 amide bonds. The second-order valence-corrected chi connectivity index (χ2v) is 7.26. The first-order chi connectivity index (χ1) is 9.69. The van der Waals surface area contributed by atoms with Crippen molar-refractivity contribution in [2.45, 2.75) is 51.5 Å². The molecule has 1 aromatic rings. The lowest BCUT2D eigenvalue weighted by Crippen LogP contribution is -2.32. The van der Waals surface area contributed by atoms with E-state index in [0.29, 0.717) is 0 Å². The highest BCUT2D eigenvalue weighted by Crippen LogP contribution is 2.41. The van der Waals surface area contributed by atoms with Crippen molar-refractivity contribution in [2.75, 3.05) is 11.1 Å². The second kappa shape index (κ2) is 5.80. The van der Waals surface area contributed by atoms with Crippen molar-refractivity contribution in [2.24, 2.45) is 10.9 Å². The molecule has 1 spiro atoms. The van der Waals surface area contributed by atoms with Gasteiger partial charge < -0.3 is 5.32 Å². The molecule has 1 N–H and O–H groups in total. The van der Waals surface area contributed by atoms with Crippen LogP contribution in [-0.4, -0.2) is 16.5 Å². The van der Waals surface area contributed by atoms with Gasteiger partial charge in [-0.15, -0.1) is 0 Å². The molecule has 0 saturated heterocycles. The fourth-order valence-corrected chi connectivity index (χ4v) is 4.30. The van der Waals surface area contributed by atoms with Gasteiger partial charge in [0.05, 0.1) is 5.54 Å². The molecule has 1 heterocycles. The zero-order valence-corrected chi connectivity index (χ0v) is 13.3. The standard InChI is InChI=1S/C17H24N2S/c1-3-14-5-4-6-15(11-14)18-16-19-17(12-20-16)9-7-13(2)8-10-17/h4-6,11,13H,3,7-10,12H2,1-2H3,(H,18,19). The van der Waals surface area contributed by atoms with Gasteiger partial charge in [0.2, 0.25) is 0 Å². The van der Waals surface area contributed by atoms with Crippen molar-refractivity contribution >= 4 is 22.6 Å². The van der Waals surface area contributed by atoms with Gasteiger partial charge in [-0.05, 0) is 55.7 Å². The quantitative estimate of drug-likeness (QED) is 0.852. The highest BCUT2D eigenvalue weighted by atomic mass is 32.2. The first-order valence-electron chi connectivity index (χ1n) is 7.78. The van der Waals surface area contributed by atoms with E-state index in [2.05, 4.69) is 43.4 Å². The minimum Gasteiger partial charge on any atom is -0.335 e. The Morgan fingerprint density at radius 1 is 1.35 bits per heavy atom. The minimum absolute atomic E-state index is 0.238. The van der Waals surface area contributed by atoms with Crippen LogP contribution in [0, 0.1) is 5.92 Å². The monoisotopic (exact) mass is 288 g/mol. The molecule has 0 atom stereocenters. The Kier molecular flexibility index (Phi) is 4.06. The summed E-state index contributed by atoms with van der Waals surface area (Å²) in [6.45, 7) is 4.56. The van der Waals surface area contributed by atoms with Gasteiger partial charge in [-0.25, -0.2) is 0 Å². The van der Waals surface area contributed by atoms with Crippen molar-refractivity contribution in [1.29, 1.82) is 0 Å². The van der Waals surface area contributed by atoms with Crippen LogP contribution >= 0.6 is 11.8 Å². The predicted molar refractivity (Wildman–Crippen MR) is 89.7 cm³/mol. The molecule has 20 heavy (non-hydrogen) atoms. The number of rotatable bonds is 2. The molecule has 1 aromatic carbocycles. The summed E-state index contributed by atoms with van der Waals surface area (Å²) < 4.78 is 0. The fourth-order valence-electron chi connectivity index (χ4n) is 3.09. The molecule has 3 rings (SSSR count). The van der Waals surface area contributed by atoms with Crippen LogP contribution in [0.15, 0.2) is 29.3 Å². The van der Waals surface area contributed by atoms with Gasteiger partial charge in [-0.1, -0.05) is 37.7 Å². The van der Waals surface area contributed by atoms with Crippen LogP contribution in [0.1, 0.15) is 45.1 Å². The highest BCUT2D eigenvalue weighted by molar-refractivity contribution is 8.14. The molecule has 108 valence electrons. The Bertz CT molecular complexity index is 501. The van der Waals surface area contributed by atoms with E-state index in [4.69, 9.17) is 4.99 Å². The highest BCUT2D eigenvalue weighted by Gasteiger charge is 2.38. The van der Waals surface area contributed by atoms with E-state index in [-0.39, 0.29) is 5.54 Å². The maximum absolute atomic E-state index is 5.03. The van der Waals surface area contributed by atoms with Crippen LogP contribution in [0.5, 0.6) is 0 Å². The molecular weight excluding hydrogens is 264 g/mol. The smallest absolute Gasteiger partial charge is 0.161 e. The van der Waals surface area contributed by atoms with Gasteiger partial charge >= 0.3 is 0 Å². The van der Waals surface area contributed by atoms with Crippen molar-refractivity contribution < 1.29 is 0 Å². The lowest BCUT2D eigenvalue weighted by atomic mass is 9.79. The number of benzene rings is 1. The number of nitrogens with one attached hydrogen (secondary N) is 1. The summed E-state index contributed by atoms with van der Waals surface area (Å²) in [5.74, 6) is 2.05. The Morgan fingerprint density at radius 3 is 2.90 bits per heavy atom. The molecule has 3 heteroatoms. The average Bonchev–Trinajstić information content (AvgIpc) is 2.86. The van der Waals surface area contributed by atoms with Crippen molar-refractivity contribution in [3.05, 3.63) is 29.8 Å². The molecule has 1 aliphatic heterocycles. The van der Waals surface area contributed by atoms with Crippen molar-refractivity contribution in [3.63, 3.8) is 0 Å². The number of aryl methyl sites for hydroxylation is 1. The number of hydrogen-bond acceptors (Lipinski definition) is 3. The predicted octanol–water partition coefficient (Wildman–Crippen LogP) is 4.71. The Balaban J connectivity index is 1.69. The van der Waals surface area contributed by atoms with Gasteiger partial charge in [0, 0.05) is 11.4 Å². The van der Waals surface area contributed by atoms with Crippen LogP contribution in [0.2, 0.25) is 0 Å². The SMILES string of the molecule is CCc1cccc(NC2=NC3(CCC(C)CC3)CS2)c1. The summed E-state index contributed by atoms with van der Waals surface area (Å²) in [6.07, 6.45) is 6.28. The number of aliphatic imine (C=N–C) groups is 1. The normalized spacial score (nSPS) is 29.5. The molecule has 2 nitrogen and oxygen atoms in total. The van der Waals surface area contributed by atoms with Gasteiger partial charge in [0.15, 0.2) is 5.17 Å². The van der Waals surface area contributed by atoms with E-state index in [9.17, 15) is 0 Å². The van der Waals surface area contributed by atoms with Crippen LogP contribution in [-0.2, 0) is 6.42 Å². The zero-order valence-electron chi connectivity index (χ0n) is 12.5. The lowest BCUT2D eigenvalue weighted by Gasteiger charge is -2.32. The molecule has 0 aromatic heterocycles. The van der Waals surface area contributed by atoms with Crippen LogP contribution in [0.4, 0.5) is 5.69 Å². The first-order valence-corrected chi connectivity index (χ1v) is 8.76. The first kappa shape index (κ1) is 14.0.